The van der Waals surface area contributed by atoms with Crippen LogP contribution in [0.4, 0.5) is 0 Å². The van der Waals surface area contributed by atoms with Gasteiger partial charge in [-0.15, -0.1) is 0 Å². The van der Waals surface area contributed by atoms with Crippen molar-refractivity contribution in [1.82, 2.24) is 0 Å². The maximum atomic E-state index is 9.77. The Morgan fingerprint density at radius 3 is 2.42 bits per heavy atom. The van der Waals surface area contributed by atoms with Crippen LogP contribution in [-0.2, 0) is 0 Å². The van der Waals surface area contributed by atoms with Crippen LogP contribution in [-0.4, -0.2) is 18.0 Å². The lowest BCUT2D eigenvalue weighted by Gasteiger charge is -1.90. The van der Waals surface area contributed by atoms with Crippen molar-refractivity contribution in [2.45, 2.75) is 13.8 Å². The minimum atomic E-state index is 0.306. The third-order valence-electron chi connectivity index (χ3n) is 1.02. The van der Waals surface area contributed by atoms with E-state index in [0.717, 1.165) is 0 Å². The molecular weight excluding hydrogens is 156 g/mol. The minimum Gasteiger partial charge on any atom is -0.462 e. The summed E-state index contributed by atoms with van der Waals surface area (Å²) >= 11 is 0. The summed E-state index contributed by atoms with van der Waals surface area (Å²) in [7, 11) is 0. The molecule has 0 aromatic carbocycles. The molecule has 1 rings (SSSR count). The van der Waals surface area contributed by atoms with Crippen molar-refractivity contribution in [2.75, 3.05) is 6.61 Å². The number of aliphatic hydroxyl groups is 1. The fourth-order valence-electron chi connectivity index (χ4n) is 0.358. The molecular formula is C9H14O3. The highest BCUT2D eigenvalue weighted by Gasteiger charge is 1.84. The Hall–Kier alpha value is -1.09. The van der Waals surface area contributed by atoms with Crippen LogP contribution in [0.1, 0.15) is 24.4 Å². The van der Waals surface area contributed by atoms with Crippen LogP contribution in [0, 0.1) is 5.92 Å². The maximum absolute atomic E-state index is 9.77. The van der Waals surface area contributed by atoms with Gasteiger partial charge in [0, 0.05) is 6.61 Å². The molecule has 1 aromatic rings. The molecule has 0 atom stereocenters. The summed E-state index contributed by atoms with van der Waals surface area (Å²) in [4.78, 5) is 9.77. The van der Waals surface area contributed by atoms with Gasteiger partial charge in [-0.3, -0.25) is 4.79 Å². The lowest BCUT2D eigenvalue weighted by Crippen LogP contribution is -1.90. The van der Waals surface area contributed by atoms with Crippen molar-refractivity contribution >= 4 is 6.29 Å². The van der Waals surface area contributed by atoms with Crippen LogP contribution in [0.2, 0.25) is 0 Å². The normalized spacial score (nSPS) is 9.00. The smallest absolute Gasteiger partial charge is 0.185 e. The lowest BCUT2D eigenvalue weighted by atomic mass is 10.2. The summed E-state index contributed by atoms with van der Waals surface area (Å²) in [6.45, 7) is 4.25. The predicted octanol–water partition coefficient (Wildman–Crippen LogP) is 1.73. The molecule has 1 N–H and O–H groups in total. The first-order valence-electron chi connectivity index (χ1n) is 3.80. The highest BCUT2D eigenvalue weighted by molar-refractivity contribution is 5.69. The van der Waals surface area contributed by atoms with E-state index in [1.165, 1.54) is 6.26 Å². The zero-order valence-corrected chi connectivity index (χ0v) is 7.36. The van der Waals surface area contributed by atoms with Crippen molar-refractivity contribution in [3.63, 3.8) is 0 Å². The quantitative estimate of drug-likeness (QED) is 0.687. The van der Waals surface area contributed by atoms with Crippen LogP contribution >= 0.6 is 0 Å². The Morgan fingerprint density at radius 1 is 1.67 bits per heavy atom. The van der Waals surface area contributed by atoms with Crippen LogP contribution in [0.25, 0.3) is 0 Å². The van der Waals surface area contributed by atoms with E-state index in [0.29, 0.717) is 24.6 Å². The second-order valence-corrected chi connectivity index (χ2v) is 2.71. The van der Waals surface area contributed by atoms with Gasteiger partial charge in [-0.05, 0) is 18.1 Å². The van der Waals surface area contributed by atoms with Gasteiger partial charge in [-0.25, -0.2) is 0 Å². The molecule has 0 aliphatic heterocycles. The molecule has 0 saturated carbocycles. The number of carbonyl (C=O) groups is 1. The summed E-state index contributed by atoms with van der Waals surface area (Å²) in [5.74, 6) is 0.815. The largest absolute Gasteiger partial charge is 0.462 e. The van der Waals surface area contributed by atoms with Crippen LogP contribution in [0.15, 0.2) is 22.8 Å². The Kier molecular flexibility index (Phi) is 6.01. The van der Waals surface area contributed by atoms with Gasteiger partial charge in [0.1, 0.15) is 0 Å². The van der Waals surface area contributed by atoms with Gasteiger partial charge in [0.2, 0.25) is 0 Å². The van der Waals surface area contributed by atoms with E-state index in [1.54, 1.807) is 12.1 Å². The van der Waals surface area contributed by atoms with E-state index >= 15 is 0 Å². The van der Waals surface area contributed by atoms with Crippen LogP contribution in [0.5, 0.6) is 0 Å². The van der Waals surface area contributed by atoms with Gasteiger partial charge in [0.05, 0.1) is 6.26 Å². The Labute approximate surface area is 72.0 Å². The number of carbonyl (C=O) groups excluding carboxylic acids is 1. The van der Waals surface area contributed by atoms with Gasteiger partial charge in [0.25, 0.3) is 0 Å². The van der Waals surface area contributed by atoms with Crippen LogP contribution in [0.3, 0.4) is 0 Å². The molecule has 1 heterocycles. The van der Waals surface area contributed by atoms with Crippen molar-refractivity contribution in [1.29, 1.82) is 0 Å². The first-order chi connectivity index (χ1) is 5.70. The molecule has 0 fully saturated rings. The molecule has 3 heteroatoms. The fourth-order valence-corrected chi connectivity index (χ4v) is 0.358. The molecule has 68 valence electrons. The van der Waals surface area contributed by atoms with Gasteiger partial charge >= 0.3 is 0 Å². The lowest BCUT2D eigenvalue weighted by molar-refractivity contribution is 0.110. The van der Waals surface area contributed by atoms with Crippen molar-refractivity contribution < 1.29 is 14.3 Å². The molecule has 0 aliphatic rings. The second-order valence-electron chi connectivity index (χ2n) is 2.71. The first-order valence-corrected chi connectivity index (χ1v) is 3.80. The summed E-state index contributed by atoms with van der Waals surface area (Å²) in [5.41, 5.74) is 0. The number of aldehydes is 1. The molecule has 3 nitrogen and oxygen atoms in total. The monoisotopic (exact) mass is 170 g/mol. The SMILES string of the molecule is CC(C)CO.O=Cc1ccco1. The molecule has 0 saturated heterocycles. The summed E-state index contributed by atoms with van der Waals surface area (Å²) in [5, 5.41) is 8.14. The van der Waals surface area contributed by atoms with Crippen LogP contribution < -0.4 is 0 Å². The summed E-state index contributed by atoms with van der Waals surface area (Å²) in [6.07, 6.45) is 2.13. The zero-order valence-electron chi connectivity index (χ0n) is 7.36. The number of hydrogen-bond donors (Lipinski definition) is 1. The number of furan rings is 1. The first kappa shape index (κ1) is 10.9. The van der Waals surface area contributed by atoms with Crippen molar-refractivity contribution in [3.05, 3.63) is 24.2 Å². The van der Waals surface area contributed by atoms with E-state index < -0.39 is 0 Å². The minimum absolute atomic E-state index is 0.306. The van der Waals surface area contributed by atoms with Gasteiger partial charge in [0.15, 0.2) is 12.0 Å². The van der Waals surface area contributed by atoms with E-state index in [2.05, 4.69) is 4.42 Å². The molecule has 0 unspecified atom stereocenters. The fraction of sp³-hybridized carbons (Fsp3) is 0.444. The molecule has 0 aliphatic carbocycles. The van der Waals surface area contributed by atoms with Gasteiger partial charge < -0.3 is 9.52 Å². The topological polar surface area (TPSA) is 50.4 Å². The number of hydrogen-bond acceptors (Lipinski definition) is 3. The van der Waals surface area contributed by atoms with E-state index in [1.807, 2.05) is 13.8 Å². The predicted molar refractivity (Wildman–Crippen MR) is 46.0 cm³/mol. The van der Waals surface area contributed by atoms with E-state index in [4.69, 9.17) is 5.11 Å². The maximum Gasteiger partial charge on any atom is 0.185 e. The summed E-state index contributed by atoms with van der Waals surface area (Å²) in [6, 6.07) is 3.27. The number of rotatable bonds is 2. The second kappa shape index (κ2) is 6.61. The van der Waals surface area contributed by atoms with Crippen molar-refractivity contribution in [2.24, 2.45) is 5.92 Å². The Morgan fingerprint density at radius 2 is 2.25 bits per heavy atom. The van der Waals surface area contributed by atoms with E-state index in [-0.39, 0.29) is 0 Å². The molecule has 1 aromatic heterocycles. The third kappa shape index (κ3) is 5.68. The van der Waals surface area contributed by atoms with Gasteiger partial charge in [-0.1, -0.05) is 13.8 Å². The zero-order chi connectivity index (χ0) is 9.40. The third-order valence-corrected chi connectivity index (χ3v) is 1.02. The van der Waals surface area contributed by atoms with Gasteiger partial charge in [-0.2, -0.15) is 0 Å². The Balaban J connectivity index is 0.000000217. The highest BCUT2D eigenvalue weighted by atomic mass is 16.3. The average Bonchev–Trinajstić information content (AvgIpc) is 2.57. The molecule has 0 amide bonds. The highest BCUT2D eigenvalue weighted by Crippen LogP contribution is 1.92. The average molecular weight is 170 g/mol. The standard InChI is InChI=1S/C5H4O2.C4H10O/c6-4-5-2-1-3-7-5;1-4(2)3-5/h1-4H;4-5H,3H2,1-2H3. The molecule has 0 bridgehead atoms. The summed E-state index contributed by atoms with van der Waals surface area (Å²) < 4.78 is 4.61. The van der Waals surface area contributed by atoms with E-state index in [9.17, 15) is 4.79 Å². The molecule has 0 spiro atoms. The van der Waals surface area contributed by atoms with Crippen molar-refractivity contribution in [3.8, 4) is 0 Å². The number of aliphatic hydroxyl groups excluding tert-OH is 1. The molecule has 0 radical (unpaired) electrons. The Bertz CT molecular complexity index is 190. The molecule has 12 heavy (non-hydrogen) atoms.